The Morgan fingerprint density at radius 1 is 1.23 bits per heavy atom. The summed E-state index contributed by atoms with van der Waals surface area (Å²) in [4.78, 5) is 14.3. The Balaban J connectivity index is 2.03. The van der Waals surface area contributed by atoms with E-state index in [1.54, 1.807) is 0 Å². The first-order valence-electron chi connectivity index (χ1n) is 5.42. The summed E-state index contributed by atoms with van der Waals surface area (Å²) in [5, 5.41) is 0. The van der Waals surface area contributed by atoms with E-state index in [2.05, 4.69) is 18.7 Å². The predicted octanol–water partition coefficient (Wildman–Crippen LogP) is 1.84. The molecule has 0 radical (unpaired) electrons. The van der Waals surface area contributed by atoms with Crippen molar-refractivity contribution < 1.29 is 4.79 Å². The molecule has 0 unspecified atom stereocenters. The van der Waals surface area contributed by atoms with E-state index < -0.39 is 0 Å². The normalized spacial score (nSPS) is 25.1. The van der Waals surface area contributed by atoms with Crippen molar-refractivity contribution in [3.8, 4) is 0 Å². The molecular formula is C11H19NO. The highest BCUT2D eigenvalue weighted by Crippen LogP contribution is 2.36. The zero-order valence-electron chi connectivity index (χ0n) is 8.68. The predicted molar refractivity (Wildman–Crippen MR) is 52.6 cm³/mol. The lowest BCUT2D eigenvalue weighted by Gasteiger charge is -2.34. The summed E-state index contributed by atoms with van der Waals surface area (Å²) in [5.74, 6) is 0.880. The summed E-state index contributed by atoms with van der Waals surface area (Å²) in [7, 11) is 0. The highest BCUT2D eigenvalue weighted by molar-refractivity contribution is 5.91. The number of hydrogen-bond donors (Lipinski definition) is 0. The van der Waals surface area contributed by atoms with Crippen molar-refractivity contribution in [2.75, 3.05) is 13.1 Å². The van der Waals surface area contributed by atoms with Crippen LogP contribution in [-0.2, 0) is 4.79 Å². The van der Waals surface area contributed by atoms with Gasteiger partial charge in [-0.3, -0.25) is 9.69 Å². The second kappa shape index (κ2) is 3.09. The third-order valence-electron chi connectivity index (χ3n) is 3.45. The van der Waals surface area contributed by atoms with Crippen LogP contribution in [0.1, 0.15) is 39.5 Å². The Labute approximate surface area is 80.3 Å². The number of likely N-dealkylation sites (tertiary alicyclic amines) is 1. The standard InChI is InChI=1S/C11H19NO/c1-11(2,10(13)9-5-6-9)12-7-3-4-8-12/h9H,3-8H2,1-2H3. The maximum absolute atomic E-state index is 12.0. The third-order valence-corrected chi connectivity index (χ3v) is 3.45. The fourth-order valence-electron chi connectivity index (χ4n) is 2.28. The lowest BCUT2D eigenvalue weighted by atomic mass is 9.94. The monoisotopic (exact) mass is 181 g/mol. The lowest BCUT2D eigenvalue weighted by molar-refractivity contribution is -0.130. The minimum atomic E-state index is -0.183. The van der Waals surface area contributed by atoms with Gasteiger partial charge < -0.3 is 0 Å². The minimum Gasteiger partial charge on any atom is -0.297 e. The smallest absolute Gasteiger partial charge is 0.155 e. The molecule has 0 amide bonds. The Morgan fingerprint density at radius 2 is 1.77 bits per heavy atom. The molecule has 2 nitrogen and oxygen atoms in total. The summed E-state index contributed by atoms with van der Waals surface area (Å²) < 4.78 is 0. The van der Waals surface area contributed by atoms with Gasteiger partial charge in [-0.15, -0.1) is 0 Å². The molecule has 0 N–H and O–H groups in total. The third kappa shape index (κ3) is 1.64. The second-order valence-corrected chi connectivity index (χ2v) is 4.89. The molecule has 0 atom stereocenters. The topological polar surface area (TPSA) is 20.3 Å². The van der Waals surface area contributed by atoms with Gasteiger partial charge in [0.05, 0.1) is 5.54 Å². The van der Waals surface area contributed by atoms with Crippen LogP contribution in [0.5, 0.6) is 0 Å². The Bertz CT molecular complexity index is 212. The molecule has 2 aliphatic rings. The van der Waals surface area contributed by atoms with Crippen LogP contribution in [0.15, 0.2) is 0 Å². The van der Waals surface area contributed by atoms with E-state index in [4.69, 9.17) is 0 Å². The van der Waals surface area contributed by atoms with Gasteiger partial charge in [-0.1, -0.05) is 0 Å². The van der Waals surface area contributed by atoms with E-state index in [0.29, 0.717) is 11.7 Å². The fourth-order valence-corrected chi connectivity index (χ4v) is 2.28. The number of ketones is 1. The van der Waals surface area contributed by atoms with Gasteiger partial charge in [-0.2, -0.15) is 0 Å². The van der Waals surface area contributed by atoms with E-state index in [1.807, 2.05) is 0 Å². The Kier molecular flexibility index (Phi) is 2.18. The molecule has 0 bridgehead atoms. The Hall–Kier alpha value is -0.370. The molecular weight excluding hydrogens is 162 g/mol. The average molecular weight is 181 g/mol. The number of carbonyl (C=O) groups excluding carboxylic acids is 1. The first kappa shape index (κ1) is 9.20. The molecule has 2 fully saturated rings. The van der Waals surface area contributed by atoms with E-state index in [1.165, 1.54) is 12.8 Å². The van der Waals surface area contributed by atoms with Gasteiger partial charge in [0.2, 0.25) is 0 Å². The minimum absolute atomic E-state index is 0.183. The van der Waals surface area contributed by atoms with Crippen LogP contribution in [0, 0.1) is 5.92 Å². The number of carbonyl (C=O) groups is 1. The number of hydrogen-bond acceptors (Lipinski definition) is 2. The molecule has 0 aromatic carbocycles. The van der Waals surface area contributed by atoms with Crippen LogP contribution < -0.4 is 0 Å². The van der Waals surface area contributed by atoms with E-state index >= 15 is 0 Å². The van der Waals surface area contributed by atoms with E-state index in [0.717, 1.165) is 25.9 Å². The molecule has 1 saturated carbocycles. The molecule has 1 heterocycles. The van der Waals surface area contributed by atoms with Crippen LogP contribution in [0.2, 0.25) is 0 Å². The number of rotatable bonds is 3. The highest BCUT2D eigenvalue weighted by Gasteiger charge is 2.43. The lowest BCUT2D eigenvalue weighted by Crippen LogP contribution is -2.49. The summed E-state index contributed by atoms with van der Waals surface area (Å²) in [5.41, 5.74) is -0.183. The van der Waals surface area contributed by atoms with Crippen molar-refractivity contribution in [3.05, 3.63) is 0 Å². The largest absolute Gasteiger partial charge is 0.297 e. The second-order valence-electron chi connectivity index (χ2n) is 4.89. The van der Waals surface area contributed by atoms with Crippen LogP contribution in [-0.4, -0.2) is 29.3 Å². The van der Waals surface area contributed by atoms with Crippen molar-refractivity contribution in [3.63, 3.8) is 0 Å². The summed E-state index contributed by atoms with van der Waals surface area (Å²) in [6.45, 7) is 6.43. The first-order chi connectivity index (χ1) is 6.12. The maximum Gasteiger partial charge on any atom is 0.155 e. The Morgan fingerprint density at radius 3 is 2.23 bits per heavy atom. The molecule has 0 aromatic heterocycles. The van der Waals surface area contributed by atoms with Crippen LogP contribution in [0.25, 0.3) is 0 Å². The number of Topliss-reactive ketones (excluding diaryl/α,β-unsaturated/α-hetero) is 1. The quantitative estimate of drug-likeness (QED) is 0.662. The van der Waals surface area contributed by atoms with Gasteiger partial charge in [-0.25, -0.2) is 0 Å². The molecule has 0 spiro atoms. The van der Waals surface area contributed by atoms with Crippen molar-refractivity contribution in [2.24, 2.45) is 5.92 Å². The average Bonchev–Trinajstić information content (AvgIpc) is 2.78. The molecule has 13 heavy (non-hydrogen) atoms. The maximum atomic E-state index is 12.0. The van der Waals surface area contributed by atoms with Gasteiger partial charge in [0.1, 0.15) is 0 Å². The van der Waals surface area contributed by atoms with Crippen LogP contribution in [0.3, 0.4) is 0 Å². The molecule has 1 saturated heterocycles. The summed E-state index contributed by atoms with van der Waals surface area (Å²) >= 11 is 0. The van der Waals surface area contributed by atoms with Crippen LogP contribution in [0.4, 0.5) is 0 Å². The molecule has 2 heteroatoms. The van der Waals surface area contributed by atoms with Gasteiger partial charge in [-0.05, 0) is 52.6 Å². The molecule has 1 aliphatic carbocycles. The zero-order valence-corrected chi connectivity index (χ0v) is 8.68. The van der Waals surface area contributed by atoms with Crippen molar-refractivity contribution in [1.82, 2.24) is 4.90 Å². The van der Waals surface area contributed by atoms with Crippen molar-refractivity contribution in [2.45, 2.75) is 45.1 Å². The van der Waals surface area contributed by atoms with Gasteiger partial charge in [0, 0.05) is 5.92 Å². The molecule has 0 aromatic rings. The van der Waals surface area contributed by atoms with E-state index in [9.17, 15) is 4.79 Å². The van der Waals surface area contributed by atoms with Gasteiger partial charge >= 0.3 is 0 Å². The zero-order chi connectivity index (χ0) is 9.47. The van der Waals surface area contributed by atoms with Gasteiger partial charge in [0.15, 0.2) is 5.78 Å². The highest BCUT2D eigenvalue weighted by atomic mass is 16.1. The van der Waals surface area contributed by atoms with Crippen molar-refractivity contribution in [1.29, 1.82) is 0 Å². The molecule has 2 rings (SSSR count). The van der Waals surface area contributed by atoms with Crippen LogP contribution >= 0.6 is 0 Å². The fraction of sp³-hybridized carbons (Fsp3) is 0.909. The molecule has 74 valence electrons. The SMILES string of the molecule is CC(C)(C(=O)C1CC1)N1CCCC1. The summed E-state index contributed by atoms with van der Waals surface area (Å²) in [6.07, 6.45) is 4.80. The number of nitrogens with zero attached hydrogens (tertiary/aromatic N) is 1. The van der Waals surface area contributed by atoms with Gasteiger partial charge in [0.25, 0.3) is 0 Å². The summed E-state index contributed by atoms with van der Waals surface area (Å²) in [6, 6.07) is 0. The van der Waals surface area contributed by atoms with Crippen molar-refractivity contribution >= 4 is 5.78 Å². The van der Waals surface area contributed by atoms with E-state index in [-0.39, 0.29) is 5.54 Å². The first-order valence-corrected chi connectivity index (χ1v) is 5.42. The molecule has 1 aliphatic heterocycles.